The van der Waals surface area contributed by atoms with Crippen LogP contribution in [0.15, 0.2) is 18.2 Å². The summed E-state index contributed by atoms with van der Waals surface area (Å²) >= 11 is 0. The number of hydrogen-bond donors (Lipinski definition) is 0. The number of carbonyl (C=O) groups excluding carboxylic acids is 1. The lowest BCUT2D eigenvalue weighted by atomic mass is 10.2. The number of ether oxygens (including phenoxy) is 4. The summed E-state index contributed by atoms with van der Waals surface area (Å²) < 4.78 is 20.4. The fraction of sp³-hybridized carbons (Fsp3) is 0.462. The number of benzene rings is 1. The summed E-state index contributed by atoms with van der Waals surface area (Å²) in [4.78, 5) is 13.2. The Labute approximate surface area is 111 Å². The van der Waals surface area contributed by atoms with Crippen molar-refractivity contribution in [1.82, 2.24) is 4.90 Å². The van der Waals surface area contributed by atoms with Gasteiger partial charge in [-0.2, -0.15) is 0 Å². The van der Waals surface area contributed by atoms with Gasteiger partial charge in [0.25, 0.3) is 0 Å². The van der Waals surface area contributed by atoms with Gasteiger partial charge in [0, 0.05) is 13.7 Å². The number of hydrogen-bond acceptors (Lipinski definition) is 5. The molecule has 0 spiro atoms. The average molecular weight is 267 g/mol. The van der Waals surface area contributed by atoms with E-state index in [1.54, 1.807) is 19.1 Å². The molecular weight excluding hydrogens is 250 g/mol. The molecule has 0 aromatic heterocycles. The molecule has 6 heteroatoms. The van der Waals surface area contributed by atoms with Crippen molar-refractivity contribution in [1.29, 1.82) is 0 Å². The lowest BCUT2D eigenvalue weighted by Gasteiger charge is -2.14. The smallest absolute Gasteiger partial charge is 0.412 e. The first-order valence-corrected chi connectivity index (χ1v) is 5.87. The Morgan fingerprint density at radius 3 is 2.58 bits per heavy atom. The highest BCUT2D eigenvalue weighted by Crippen LogP contribution is 2.28. The second kappa shape index (κ2) is 5.79. The Morgan fingerprint density at radius 1 is 1.26 bits per heavy atom. The van der Waals surface area contributed by atoms with E-state index >= 15 is 0 Å². The van der Waals surface area contributed by atoms with Crippen LogP contribution in [0, 0.1) is 0 Å². The fourth-order valence-corrected chi connectivity index (χ4v) is 1.93. The number of rotatable bonds is 5. The lowest BCUT2D eigenvalue weighted by Crippen LogP contribution is -2.24. The van der Waals surface area contributed by atoms with E-state index in [0.29, 0.717) is 24.6 Å². The number of nitrogens with zero attached hydrogens (tertiary/aromatic N) is 1. The Morgan fingerprint density at radius 2 is 2.00 bits per heavy atom. The molecule has 1 heterocycles. The summed E-state index contributed by atoms with van der Waals surface area (Å²) in [5, 5.41) is 0. The van der Waals surface area contributed by atoms with Crippen molar-refractivity contribution in [3.8, 4) is 11.5 Å². The molecule has 1 amide bonds. The lowest BCUT2D eigenvalue weighted by molar-refractivity contribution is -0.0496. The Balaban J connectivity index is 2.09. The van der Waals surface area contributed by atoms with E-state index in [4.69, 9.17) is 18.9 Å². The van der Waals surface area contributed by atoms with Crippen LogP contribution < -0.4 is 9.47 Å². The van der Waals surface area contributed by atoms with E-state index in [1.165, 1.54) is 7.11 Å². The largest absolute Gasteiger partial charge is 0.493 e. The first kappa shape index (κ1) is 13.5. The highest BCUT2D eigenvalue weighted by molar-refractivity contribution is 5.69. The highest BCUT2D eigenvalue weighted by atomic mass is 16.7. The standard InChI is InChI=1S/C13H17NO5/c1-16-10-5-4-9(6-11(10)17-2)7-14-8-12(18-3)19-13(14)15/h4-6,12H,7-8H2,1-3H3. The SMILES string of the molecule is COc1ccc(CN2CC(OC)OC2=O)cc1OC. The molecule has 0 saturated carbocycles. The van der Waals surface area contributed by atoms with Crippen LogP contribution in [0.3, 0.4) is 0 Å². The minimum atomic E-state index is -0.493. The molecule has 0 radical (unpaired) electrons. The summed E-state index contributed by atoms with van der Waals surface area (Å²) in [7, 11) is 4.67. The first-order valence-electron chi connectivity index (χ1n) is 5.87. The van der Waals surface area contributed by atoms with E-state index in [1.807, 2.05) is 18.2 Å². The molecule has 1 atom stereocenters. The van der Waals surface area contributed by atoms with Crippen molar-refractivity contribution >= 4 is 6.09 Å². The zero-order valence-electron chi connectivity index (χ0n) is 11.2. The van der Waals surface area contributed by atoms with Gasteiger partial charge in [0.1, 0.15) is 0 Å². The van der Waals surface area contributed by atoms with Gasteiger partial charge in [-0.25, -0.2) is 4.79 Å². The molecule has 1 saturated heterocycles. The molecule has 1 fully saturated rings. The highest BCUT2D eigenvalue weighted by Gasteiger charge is 2.31. The van der Waals surface area contributed by atoms with Gasteiger partial charge in [-0.15, -0.1) is 0 Å². The second-order valence-corrected chi connectivity index (χ2v) is 4.12. The van der Waals surface area contributed by atoms with Crippen LogP contribution >= 0.6 is 0 Å². The van der Waals surface area contributed by atoms with E-state index < -0.39 is 6.29 Å². The van der Waals surface area contributed by atoms with Crippen molar-refractivity contribution in [2.24, 2.45) is 0 Å². The maximum atomic E-state index is 11.6. The summed E-state index contributed by atoms with van der Waals surface area (Å²) in [5.41, 5.74) is 0.936. The number of cyclic esters (lactones) is 1. The van der Waals surface area contributed by atoms with Crippen LogP contribution in [-0.2, 0) is 16.0 Å². The van der Waals surface area contributed by atoms with Crippen LogP contribution in [0.2, 0.25) is 0 Å². The third kappa shape index (κ3) is 2.90. The maximum Gasteiger partial charge on any atom is 0.412 e. The van der Waals surface area contributed by atoms with Crippen molar-refractivity contribution < 1.29 is 23.7 Å². The van der Waals surface area contributed by atoms with Crippen LogP contribution in [0.4, 0.5) is 4.79 Å². The average Bonchev–Trinajstić information content (AvgIpc) is 2.79. The topological polar surface area (TPSA) is 57.2 Å². The van der Waals surface area contributed by atoms with E-state index in [0.717, 1.165) is 5.56 Å². The van der Waals surface area contributed by atoms with Crippen LogP contribution in [0.5, 0.6) is 11.5 Å². The van der Waals surface area contributed by atoms with E-state index in [2.05, 4.69) is 0 Å². The minimum absolute atomic E-state index is 0.373. The molecular formula is C13H17NO5. The van der Waals surface area contributed by atoms with Crippen molar-refractivity contribution in [3.05, 3.63) is 23.8 Å². The normalized spacial score (nSPS) is 18.4. The van der Waals surface area contributed by atoms with Crippen molar-refractivity contribution in [2.75, 3.05) is 27.9 Å². The minimum Gasteiger partial charge on any atom is -0.493 e. The zero-order valence-corrected chi connectivity index (χ0v) is 11.2. The van der Waals surface area contributed by atoms with Crippen LogP contribution in [0.1, 0.15) is 5.56 Å². The van der Waals surface area contributed by atoms with Gasteiger partial charge in [0.2, 0.25) is 6.29 Å². The Kier molecular flexibility index (Phi) is 4.11. The van der Waals surface area contributed by atoms with Crippen LogP contribution in [0.25, 0.3) is 0 Å². The van der Waals surface area contributed by atoms with Gasteiger partial charge in [-0.05, 0) is 17.7 Å². The third-order valence-corrected chi connectivity index (χ3v) is 2.94. The molecule has 1 aliphatic heterocycles. The molecule has 0 bridgehead atoms. The number of carbonyl (C=O) groups is 1. The van der Waals surface area contributed by atoms with E-state index in [-0.39, 0.29) is 6.09 Å². The number of amides is 1. The van der Waals surface area contributed by atoms with E-state index in [9.17, 15) is 4.79 Å². The summed E-state index contributed by atoms with van der Waals surface area (Å²) in [6, 6.07) is 5.53. The summed E-state index contributed by atoms with van der Waals surface area (Å²) in [6.45, 7) is 0.864. The molecule has 104 valence electrons. The van der Waals surface area contributed by atoms with Gasteiger partial charge >= 0.3 is 6.09 Å². The summed E-state index contributed by atoms with van der Waals surface area (Å²) in [6.07, 6.45) is -0.866. The van der Waals surface area contributed by atoms with Gasteiger partial charge < -0.3 is 18.9 Å². The van der Waals surface area contributed by atoms with Crippen molar-refractivity contribution in [2.45, 2.75) is 12.8 Å². The monoisotopic (exact) mass is 267 g/mol. The van der Waals surface area contributed by atoms with Crippen molar-refractivity contribution in [3.63, 3.8) is 0 Å². The van der Waals surface area contributed by atoms with Gasteiger partial charge in [0.15, 0.2) is 11.5 Å². The second-order valence-electron chi connectivity index (χ2n) is 4.12. The summed E-state index contributed by atoms with van der Waals surface area (Å²) in [5.74, 6) is 1.29. The maximum absolute atomic E-state index is 11.6. The molecule has 1 aromatic carbocycles. The van der Waals surface area contributed by atoms with Crippen LogP contribution in [-0.4, -0.2) is 45.2 Å². The Bertz CT molecular complexity index is 462. The molecule has 6 nitrogen and oxygen atoms in total. The molecule has 19 heavy (non-hydrogen) atoms. The molecule has 1 aliphatic rings. The molecule has 0 aliphatic carbocycles. The van der Waals surface area contributed by atoms with Gasteiger partial charge in [-0.1, -0.05) is 6.07 Å². The quantitative estimate of drug-likeness (QED) is 0.811. The first-order chi connectivity index (χ1) is 9.17. The van der Waals surface area contributed by atoms with Gasteiger partial charge in [0.05, 0.1) is 20.8 Å². The fourth-order valence-electron chi connectivity index (χ4n) is 1.93. The number of methoxy groups -OCH3 is 3. The molecule has 2 rings (SSSR count). The Hall–Kier alpha value is -1.95. The third-order valence-electron chi connectivity index (χ3n) is 2.94. The predicted molar refractivity (Wildman–Crippen MR) is 67.2 cm³/mol. The molecule has 0 N–H and O–H groups in total. The predicted octanol–water partition coefficient (Wildman–Crippen LogP) is 1.63. The zero-order chi connectivity index (χ0) is 13.8. The molecule has 1 unspecified atom stereocenters. The molecule has 1 aromatic rings. The van der Waals surface area contributed by atoms with Gasteiger partial charge in [-0.3, -0.25) is 4.90 Å².